The molecule has 0 aromatic carbocycles. The highest BCUT2D eigenvalue weighted by molar-refractivity contribution is 5.64. The van der Waals surface area contributed by atoms with Crippen LogP contribution in [-0.4, -0.2) is 22.0 Å². The van der Waals surface area contributed by atoms with Gasteiger partial charge in [0.1, 0.15) is 0 Å². The molecule has 0 fully saturated rings. The summed E-state index contributed by atoms with van der Waals surface area (Å²) in [6.07, 6.45) is -4.50. The van der Waals surface area contributed by atoms with E-state index in [9.17, 15) is 22.0 Å². The molecule has 4 nitrogen and oxygen atoms in total. The van der Waals surface area contributed by atoms with Crippen molar-refractivity contribution < 1.29 is 22.0 Å². The zero-order chi connectivity index (χ0) is 15.6. The van der Waals surface area contributed by atoms with Crippen molar-refractivity contribution in [1.29, 1.82) is 0 Å². The number of hydrogen-bond acceptors (Lipinski definition) is 4. The van der Waals surface area contributed by atoms with Crippen LogP contribution in [0.4, 0.5) is 27.6 Å². The van der Waals surface area contributed by atoms with Gasteiger partial charge in [0.25, 0.3) is 6.43 Å². The van der Waals surface area contributed by atoms with Gasteiger partial charge in [0.05, 0.1) is 11.3 Å². The largest absolute Gasteiger partial charge is 0.451 e. The lowest BCUT2D eigenvalue weighted by Crippen LogP contribution is -2.10. The molecule has 2 rings (SSSR count). The fraction of sp³-hybridized carbons (Fsp3) is 0.250. The number of anilines is 1. The van der Waals surface area contributed by atoms with Crippen molar-refractivity contribution in [2.24, 2.45) is 0 Å². The van der Waals surface area contributed by atoms with Crippen LogP contribution in [0.5, 0.6) is 0 Å². The molecule has 0 amide bonds. The van der Waals surface area contributed by atoms with Gasteiger partial charge in [0.2, 0.25) is 5.82 Å². The maximum Gasteiger partial charge on any atom is 0.451 e. The maximum atomic E-state index is 12.7. The number of nitrogens with zero attached hydrogens (tertiary/aromatic N) is 3. The van der Waals surface area contributed by atoms with Crippen LogP contribution in [0.1, 0.15) is 17.8 Å². The highest BCUT2D eigenvalue weighted by Crippen LogP contribution is 2.30. The molecular formula is C12H9F5N4. The Morgan fingerprint density at radius 3 is 2.14 bits per heavy atom. The van der Waals surface area contributed by atoms with Gasteiger partial charge in [-0.25, -0.2) is 18.7 Å². The molecular weight excluding hydrogens is 295 g/mol. The van der Waals surface area contributed by atoms with Crippen molar-refractivity contribution in [3.8, 4) is 11.3 Å². The quantitative estimate of drug-likeness (QED) is 0.881. The maximum absolute atomic E-state index is 12.7. The van der Waals surface area contributed by atoms with E-state index in [1.807, 2.05) is 0 Å². The Balaban J connectivity index is 2.38. The molecule has 1 N–H and O–H groups in total. The van der Waals surface area contributed by atoms with Crippen LogP contribution in [0, 0.1) is 0 Å². The van der Waals surface area contributed by atoms with Crippen molar-refractivity contribution in [1.82, 2.24) is 15.0 Å². The van der Waals surface area contributed by atoms with Crippen LogP contribution in [-0.2, 0) is 6.18 Å². The topological polar surface area (TPSA) is 50.7 Å². The first kappa shape index (κ1) is 15.1. The molecule has 2 aromatic heterocycles. The predicted molar refractivity (Wildman–Crippen MR) is 64.8 cm³/mol. The fourth-order valence-corrected chi connectivity index (χ4v) is 1.62. The molecule has 0 saturated heterocycles. The van der Waals surface area contributed by atoms with Gasteiger partial charge in [-0.05, 0) is 6.07 Å². The Labute approximate surface area is 116 Å². The summed E-state index contributed by atoms with van der Waals surface area (Å²) in [6.45, 7) is 0. The molecule has 0 spiro atoms. The third-order valence-corrected chi connectivity index (χ3v) is 2.64. The van der Waals surface area contributed by atoms with E-state index in [1.165, 1.54) is 13.1 Å². The van der Waals surface area contributed by atoms with Gasteiger partial charge in [-0.1, -0.05) is 0 Å². The molecule has 0 aliphatic rings. The molecule has 0 aliphatic carbocycles. The average molecular weight is 304 g/mol. The molecule has 0 unspecified atom stereocenters. The number of alkyl halides is 5. The first-order chi connectivity index (χ1) is 9.82. The standard InChI is InChI=1S/C12H9F5N4/c1-18-9-2-8(19-5-7(9)10(13)14)6-3-20-11(21-4-6)12(15,16)17/h2-5,10H,1H3,(H,18,19). The molecule has 9 heteroatoms. The minimum absolute atomic E-state index is 0.134. The summed E-state index contributed by atoms with van der Waals surface area (Å²) >= 11 is 0. The van der Waals surface area contributed by atoms with Crippen molar-refractivity contribution in [3.63, 3.8) is 0 Å². The summed E-state index contributed by atoms with van der Waals surface area (Å²) in [4.78, 5) is 10.2. The highest BCUT2D eigenvalue weighted by atomic mass is 19.4. The van der Waals surface area contributed by atoms with Crippen LogP contribution < -0.4 is 5.32 Å². The zero-order valence-corrected chi connectivity index (χ0v) is 10.6. The summed E-state index contributed by atoms with van der Waals surface area (Å²) in [7, 11) is 1.45. The summed E-state index contributed by atoms with van der Waals surface area (Å²) in [5, 5.41) is 2.58. The van der Waals surface area contributed by atoms with E-state index in [0.29, 0.717) is 0 Å². The van der Waals surface area contributed by atoms with Gasteiger partial charge >= 0.3 is 6.18 Å². The molecule has 2 heterocycles. The van der Waals surface area contributed by atoms with E-state index in [4.69, 9.17) is 0 Å². The van der Waals surface area contributed by atoms with Gasteiger partial charge in [-0.2, -0.15) is 13.2 Å². The lowest BCUT2D eigenvalue weighted by atomic mass is 10.1. The number of rotatable bonds is 3. The molecule has 2 aromatic rings. The second kappa shape index (κ2) is 5.58. The second-order valence-electron chi connectivity index (χ2n) is 4.00. The monoisotopic (exact) mass is 304 g/mol. The average Bonchev–Trinajstić information content (AvgIpc) is 2.45. The summed E-state index contributed by atoms with van der Waals surface area (Å²) in [6, 6.07) is 1.30. The van der Waals surface area contributed by atoms with Gasteiger partial charge in [-0.15, -0.1) is 0 Å². The lowest BCUT2D eigenvalue weighted by Gasteiger charge is -2.10. The molecule has 21 heavy (non-hydrogen) atoms. The van der Waals surface area contributed by atoms with E-state index < -0.39 is 18.4 Å². The smallest absolute Gasteiger partial charge is 0.388 e. The molecule has 0 aliphatic heterocycles. The van der Waals surface area contributed by atoms with Crippen LogP contribution in [0.15, 0.2) is 24.7 Å². The Bertz CT molecular complexity index is 625. The lowest BCUT2D eigenvalue weighted by molar-refractivity contribution is -0.144. The molecule has 0 radical (unpaired) electrons. The van der Waals surface area contributed by atoms with Crippen molar-refractivity contribution in [2.45, 2.75) is 12.6 Å². The van der Waals surface area contributed by atoms with Gasteiger partial charge in [0, 0.05) is 36.9 Å². The number of hydrogen-bond donors (Lipinski definition) is 1. The molecule has 0 bridgehead atoms. The van der Waals surface area contributed by atoms with E-state index in [0.717, 1.165) is 18.6 Å². The summed E-state index contributed by atoms with van der Waals surface area (Å²) < 4.78 is 62.5. The second-order valence-corrected chi connectivity index (χ2v) is 4.00. The number of nitrogens with one attached hydrogen (secondary N) is 1. The molecule has 0 atom stereocenters. The van der Waals surface area contributed by atoms with Gasteiger partial charge in [-0.3, -0.25) is 4.98 Å². The molecule has 0 saturated carbocycles. The number of pyridine rings is 1. The van der Waals surface area contributed by atoms with Gasteiger partial charge in [0.15, 0.2) is 0 Å². The first-order valence-corrected chi connectivity index (χ1v) is 5.68. The number of aromatic nitrogens is 3. The summed E-state index contributed by atoms with van der Waals surface area (Å²) in [5.41, 5.74) is 0.224. The van der Waals surface area contributed by atoms with E-state index in [2.05, 4.69) is 20.3 Å². The van der Waals surface area contributed by atoms with Crippen molar-refractivity contribution >= 4 is 5.69 Å². The highest BCUT2D eigenvalue weighted by Gasteiger charge is 2.34. The predicted octanol–water partition coefficient (Wildman–Crippen LogP) is 3.54. The SMILES string of the molecule is CNc1cc(-c2cnc(C(F)(F)F)nc2)ncc1C(F)F. The van der Waals surface area contributed by atoms with Gasteiger partial charge < -0.3 is 5.32 Å². The zero-order valence-electron chi connectivity index (χ0n) is 10.6. The van der Waals surface area contributed by atoms with Crippen LogP contribution in [0.3, 0.4) is 0 Å². The van der Waals surface area contributed by atoms with Crippen molar-refractivity contribution in [2.75, 3.05) is 12.4 Å². The Morgan fingerprint density at radius 2 is 1.67 bits per heavy atom. The first-order valence-electron chi connectivity index (χ1n) is 5.68. The Kier molecular flexibility index (Phi) is 4.01. The van der Waals surface area contributed by atoms with Crippen LogP contribution >= 0.6 is 0 Å². The van der Waals surface area contributed by atoms with E-state index in [1.54, 1.807) is 0 Å². The Hall–Kier alpha value is -2.32. The van der Waals surface area contributed by atoms with Crippen LogP contribution in [0.25, 0.3) is 11.3 Å². The summed E-state index contributed by atoms with van der Waals surface area (Å²) in [5.74, 6) is -1.27. The minimum atomic E-state index is -4.64. The van der Waals surface area contributed by atoms with Crippen molar-refractivity contribution in [3.05, 3.63) is 36.0 Å². The number of halogens is 5. The third kappa shape index (κ3) is 3.23. The Morgan fingerprint density at radius 1 is 1.05 bits per heavy atom. The minimum Gasteiger partial charge on any atom is -0.388 e. The fourth-order valence-electron chi connectivity index (χ4n) is 1.62. The third-order valence-electron chi connectivity index (χ3n) is 2.64. The van der Waals surface area contributed by atoms with Crippen LogP contribution in [0.2, 0.25) is 0 Å². The normalized spacial score (nSPS) is 11.8. The van der Waals surface area contributed by atoms with E-state index >= 15 is 0 Å². The molecule has 112 valence electrons. The van der Waals surface area contributed by atoms with E-state index in [-0.39, 0.29) is 22.5 Å².